The van der Waals surface area contributed by atoms with E-state index >= 15 is 0 Å². The number of rotatable bonds is 7. The minimum absolute atomic E-state index is 0. The summed E-state index contributed by atoms with van der Waals surface area (Å²) in [5.74, 6) is 0.467. The van der Waals surface area contributed by atoms with Crippen LogP contribution in [0.1, 0.15) is 25.0 Å². The fourth-order valence-electron chi connectivity index (χ4n) is 2.39. The lowest BCUT2D eigenvalue weighted by atomic mass is 10.00. The zero-order chi connectivity index (χ0) is 19.2. The second kappa shape index (κ2) is 10.2. The van der Waals surface area contributed by atoms with E-state index in [9.17, 15) is 15.2 Å². The van der Waals surface area contributed by atoms with Gasteiger partial charge in [-0.3, -0.25) is 14.8 Å². The second-order valence-corrected chi connectivity index (χ2v) is 6.11. The first-order chi connectivity index (χ1) is 12.3. The van der Waals surface area contributed by atoms with Gasteiger partial charge in [-0.15, -0.1) is 24.0 Å². The molecule has 2 rings (SSSR count). The van der Waals surface area contributed by atoms with Gasteiger partial charge in [0.15, 0.2) is 5.96 Å². The number of hydrogen-bond donors (Lipinski definition) is 3. The van der Waals surface area contributed by atoms with Crippen LogP contribution in [0.3, 0.4) is 0 Å². The Hall–Kier alpha value is -2.21. The van der Waals surface area contributed by atoms with Crippen LogP contribution in [0.25, 0.3) is 0 Å². The summed E-state index contributed by atoms with van der Waals surface area (Å²) in [6.07, 6.45) is 3.36. The average molecular weight is 488 g/mol. The van der Waals surface area contributed by atoms with E-state index in [4.69, 9.17) is 0 Å². The maximum atomic E-state index is 11.1. The highest BCUT2D eigenvalue weighted by atomic mass is 127. The molecule has 1 unspecified atom stereocenters. The largest absolute Gasteiger partial charge is 0.383 e. The van der Waals surface area contributed by atoms with Gasteiger partial charge in [0.2, 0.25) is 0 Å². The summed E-state index contributed by atoms with van der Waals surface area (Å²) in [5.41, 5.74) is 0.105. The van der Waals surface area contributed by atoms with Crippen molar-refractivity contribution >= 4 is 35.6 Å². The molecule has 10 heteroatoms. The third-order valence-electron chi connectivity index (χ3n) is 3.87. The van der Waals surface area contributed by atoms with Crippen LogP contribution in [0.4, 0.5) is 5.69 Å². The maximum absolute atomic E-state index is 11.1. The number of nitro groups is 1. The third-order valence-corrected chi connectivity index (χ3v) is 3.87. The lowest BCUT2D eigenvalue weighted by molar-refractivity contribution is -0.385. The molecule has 0 radical (unpaired) electrons. The van der Waals surface area contributed by atoms with Crippen LogP contribution in [-0.4, -0.2) is 38.9 Å². The molecule has 3 N–H and O–H groups in total. The minimum atomic E-state index is -1.14. The van der Waals surface area contributed by atoms with Crippen molar-refractivity contribution in [2.45, 2.75) is 26.0 Å². The SMILES string of the molecule is CCNC(=NCc1ccccc1[N+](=O)[O-])NCC(C)(O)c1cnn(C)c1.I. The van der Waals surface area contributed by atoms with Crippen LogP contribution in [0.15, 0.2) is 41.7 Å². The lowest BCUT2D eigenvalue weighted by Gasteiger charge is -2.23. The summed E-state index contributed by atoms with van der Waals surface area (Å²) < 4.78 is 1.62. The van der Waals surface area contributed by atoms with Gasteiger partial charge in [-0.1, -0.05) is 18.2 Å². The van der Waals surface area contributed by atoms with Gasteiger partial charge >= 0.3 is 0 Å². The smallest absolute Gasteiger partial charge is 0.274 e. The molecule has 0 bridgehead atoms. The lowest BCUT2D eigenvalue weighted by Crippen LogP contribution is -2.44. The number of nitrogens with zero attached hydrogens (tertiary/aromatic N) is 4. The molecule has 0 saturated heterocycles. The van der Waals surface area contributed by atoms with E-state index in [0.717, 1.165) is 0 Å². The topological polar surface area (TPSA) is 118 Å². The van der Waals surface area contributed by atoms with Gasteiger partial charge in [0.25, 0.3) is 5.69 Å². The number of guanidine groups is 1. The van der Waals surface area contributed by atoms with E-state index in [2.05, 4.69) is 20.7 Å². The molecule has 1 aromatic heterocycles. The predicted octanol–water partition coefficient (Wildman–Crippen LogP) is 1.91. The van der Waals surface area contributed by atoms with Gasteiger partial charge in [-0.05, 0) is 13.8 Å². The molecule has 0 saturated carbocycles. The van der Waals surface area contributed by atoms with Gasteiger partial charge in [0.1, 0.15) is 5.60 Å². The molecule has 1 atom stereocenters. The fourth-order valence-corrected chi connectivity index (χ4v) is 2.39. The molecule has 0 amide bonds. The first kappa shape index (κ1) is 22.8. The molecule has 2 aromatic rings. The maximum Gasteiger partial charge on any atom is 0.274 e. The molecule has 27 heavy (non-hydrogen) atoms. The summed E-state index contributed by atoms with van der Waals surface area (Å²) >= 11 is 0. The molecule has 0 aliphatic heterocycles. The molecule has 0 fully saturated rings. The average Bonchev–Trinajstić information content (AvgIpc) is 3.05. The fraction of sp³-hybridized carbons (Fsp3) is 0.412. The molecular weight excluding hydrogens is 463 g/mol. The van der Waals surface area contributed by atoms with Gasteiger partial charge < -0.3 is 15.7 Å². The van der Waals surface area contributed by atoms with Crippen molar-refractivity contribution in [2.75, 3.05) is 13.1 Å². The molecule has 1 aromatic carbocycles. The predicted molar refractivity (Wildman–Crippen MR) is 114 cm³/mol. The van der Waals surface area contributed by atoms with Crippen LogP contribution < -0.4 is 10.6 Å². The van der Waals surface area contributed by atoms with E-state index in [-0.39, 0.29) is 42.8 Å². The second-order valence-electron chi connectivity index (χ2n) is 6.11. The van der Waals surface area contributed by atoms with Gasteiger partial charge in [0, 0.05) is 31.4 Å². The molecular formula is C17H25IN6O3. The van der Waals surface area contributed by atoms with E-state index in [0.29, 0.717) is 23.6 Å². The van der Waals surface area contributed by atoms with Crippen molar-refractivity contribution in [1.29, 1.82) is 0 Å². The molecule has 9 nitrogen and oxygen atoms in total. The Morgan fingerprint density at radius 2 is 2.11 bits per heavy atom. The number of nitrogens with one attached hydrogen (secondary N) is 2. The molecule has 1 heterocycles. The highest BCUT2D eigenvalue weighted by Gasteiger charge is 2.25. The van der Waals surface area contributed by atoms with E-state index in [1.807, 2.05) is 6.92 Å². The zero-order valence-corrected chi connectivity index (χ0v) is 17.9. The number of benzene rings is 1. The number of halogens is 1. The Morgan fingerprint density at radius 1 is 1.41 bits per heavy atom. The number of para-hydroxylation sites is 1. The Bertz CT molecular complexity index is 790. The minimum Gasteiger partial charge on any atom is -0.383 e. The van der Waals surface area contributed by atoms with Crippen LogP contribution >= 0.6 is 24.0 Å². The van der Waals surface area contributed by atoms with Crippen molar-refractivity contribution < 1.29 is 10.0 Å². The Morgan fingerprint density at radius 3 is 2.70 bits per heavy atom. The Labute approximate surface area is 175 Å². The van der Waals surface area contributed by atoms with E-state index in [1.165, 1.54) is 6.07 Å². The van der Waals surface area contributed by atoms with E-state index in [1.54, 1.807) is 49.2 Å². The van der Waals surface area contributed by atoms with Crippen molar-refractivity contribution in [1.82, 2.24) is 20.4 Å². The molecule has 0 aliphatic carbocycles. The van der Waals surface area contributed by atoms with Crippen molar-refractivity contribution in [3.63, 3.8) is 0 Å². The number of aryl methyl sites for hydroxylation is 1. The van der Waals surface area contributed by atoms with Gasteiger partial charge in [-0.2, -0.15) is 5.10 Å². The first-order valence-corrected chi connectivity index (χ1v) is 8.29. The normalized spacial score (nSPS) is 13.4. The van der Waals surface area contributed by atoms with Crippen LogP contribution in [0.2, 0.25) is 0 Å². The highest BCUT2D eigenvalue weighted by Crippen LogP contribution is 2.19. The summed E-state index contributed by atoms with van der Waals surface area (Å²) in [4.78, 5) is 15.1. The summed E-state index contributed by atoms with van der Waals surface area (Å²) in [6, 6.07) is 6.50. The monoisotopic (exact) mass is 488 g/mol. The van der Waals surface area contributed by atoms with Gasteiger partial charge in [0.05, 0.1) is 29.8 Å². The molecule has 0 spiro atoms. The number of nitro benzene ring substituents is 1. The quantitative estimate of drug-likeness (QED) is 0.180. The Balaban J connectivity index is 0.00000364. The number of hydrogen-bond acceptors (Lipinski definition) is 5. The summed E-state index contributed by atoms with van der Waals surface area (Å²) in [6.45, 7) is 4.59. The van der Waals surface area contributed by atoms with Crippen LogP contribution in [-0.2, 0) is 19.2 Å². The summed E-state index contributed by atoms with van der Waals surface area (Å²) in [5, 5.41) is 31.9. The number of aliphatic imine (C=N–C) groups is 1. The van der Waals surface area contributed by atoms with Crippen molar-refractivity contribution in [2.24, 2.45) is 12.0 Å². The van der Waals surface area contributed by atoms with E-state index < -0.39 is 10.5 Å². The zero-order valence-electron chi connectivity index (χ0n) is 15.5. The third kappa shape index (κ3) is 6.47. The number of aliphatic hydroxyl groups is 1. The molecule has 0 aliphatic rings. The van der Waals surface area contributed by atoms with Crippen molar-refractivity contribution in [3.8, 4) is 0 Å². The van der Waals surface area contributed by atoms with Crippen LogP contribution in [0.5, 0.6) is 0 Å². The van der Waals surface area contributed by atoms with Crippen LogP contribution in [0, 0.1) is 10.1 Å². The number of aromatic nitrogens is 2. The Kier molecular flexibility index (Phi) is 8.63. The highest BCUT2D eigenvalue weighted by molar-refractivity contribution is 14.0. The standard InChI is InChI=1S/C17H24N6O3.HI/c1-4-18-16(19-9-13-7-5-6-8-15(13)23(25)26)20-12-17(2,24)14-10-21-22(3)11-14;/h5-8,10-11,24H,4,9,12H2,1-3H3,(H2,18,19,20);1H. The van der Waals surface area contributed by atoms with Gasteiger partial charge in [-0.25, -0.2) is 4.99 Å². The summed E-state index contributed by atoms with van der Waals surface area (Å²) in [7, 11) is 1.78. The molecule has 148 valence electrons. The van der Waals surface area contributed by atoms with Crippen molar-refractivity contribution in [3.05, 3.63) is 57.9 Å². The first-order valence-electron chi connectivity index (χ1n) is 8.29.